The van der Waals surface area contributed by atoms with Gasteiger partial charge in [0.2, 0.25) is 0 Å². The molecule has 0 spiro atoms. The first-order valence-corrected chi connectivity index (χ1v) is 8.50. The lowest BCUT2D eigenvalue weighted by molar-refractivity contribution is -0.137. The molecule has 1 amide bonds. The number of alkyl halides is 3. The van der Waals surface area contributed by atoms with Gasteiger partial charge in [-0.25, -0.2) is 0 Å². The van der Waals surface area contributed by atoms with Gasteiger partial charge in [-0.2, -0.15) is 13.2 Å². The molecule has 0 unspecified atom stereocenters. The van der Waals surface area contributed by atoms with Gasteiger partial charge in [0.1, 0.15) is 5.71 Å². The van der Waals surface area contributed by atoms with Crippen LogP contribution in [0.4, 0.5) is 24.5 Å². The average molecular weight is 382 g/mol. The summed E-state index contributed by atoms with van der Waals surface area (Å²) in [4.78, 5) is 13.6. The van der Waals surface area contributed by atoms with Gasteiger partial charge in [0, 0.05) is 11.3 Å². The number of halogens is 3. The fraction of sp³-hybridized carbons (Fsp3) is 0.0909. The first-order valence-electron chi connectivity index (χ1n) is 8.50. The van der Waals surface area contributed by atoms with E-state index in [0.29, 0.717) is 11.1 Å². The largest absolute Gasteiger partial charge is 0.416 e. The van der Waals surface area contributed by atoms with Gasteiger partial charge in [0.25, 0.3) is 5.91 Å². The van der Waals surface area contributed by atoms with Crippen molar-refractivity contribution in [3.05, 3.63) is 95.6 Å². The molecule has 0 bridgehead atoms. The van der Waals surface area contributed by atoms with Crippen LogP contribution in [0.25, 0.3) is 0 Å². The molecule has 28 heavy (non-hydrogen) atoms. The summed E-state index contributed by atoms with van der Waals surface area (Å²) in [7, 11) is 0. The van der Waals surface area contributed by atoms with Gasteiger partial charge in [0.15, 0.2) is 0 Å². The molecule has 1 N–H and O–H groups in total. The number of hydrogen-bond donors (Lipinski definition) is 1. The lowest BCUT2D eigenvalue weighted by Crippen LogP contribution is -2.24. The molecular formula is C22H17F3N2O. The van der Waals surface area contributed by atoms with Crippen molar-refractivity contribution in [2.45, 2.75) is 13.1 Å². The van der Waals surface area contributed by atoms with Gasteiger partial charge in [0.05, 0.1) is 11.3 Å². The van der Waals surface area contributed by atoms with Gasteiger partial charge >= 0.3 is 6.18 Å². The molecule has 4 rings (SSSR count). The van der Waals surface area contributed by atoms with Gasteiger partial charge in [-0.1, -0.05) is 60.2 Å². The Bertz CT molecular complexity index is 1010. The van der Waals surface area contributed by atoms with E-state index < -0.39 is 11.7 Å². The maximum absolute atomic E-state index is 12.1. The van der Waals surface area contributed by atoms with Crippen LogP contribution in [-0.4, -0.2) is 11.6 Å². The van der Waals surface area contributed by atoms with Crippen molar-refractivity contribution in [1.29, 1.82) is 5.41 Å². The number of fused-ring (bicyclic) bond motifs is 1. The van der Waals surface area contributed by atoms with Crippen LogP contribution >= 0.6 is 0 Å². The summed E-state index contributed by atoms with van der Waals surface area (Å²) in [5.41, 5.74) is 2.38. The number of nitrogens with one attached hydrogen (secondary N) is 1. The van der Waals surface area contributed by atoms with Gasteiger partial charge in [-0.3, -0.25) is 15.1 Å². The number of benzene rings is 3. The van der Waals surface area contributed by atoms with Crippen molar-refractivity contribution in [3.8, 4) is 0 Å². The molecule has 1 aliphatic heterocycles. The number of rotatable bonds is 1. The van der Waals surface area contributed by atoms with Crippen LogP contribution in [0, 0.1) is 12.3 Å². The van der Waals surface area contributed by atoms with E-state index in [9.17, 15) is 18.0 Å². The molecule has 0 aliphatic carbocycles. The van der Waals surface area contributed by atoms with E-state index >= 15 is 0 Å². The summed E-state index contributed by atoms with van der Waals surface area (Å²) in [6.45, 7) is 1.63. The Labute approximate surface area is 160 Å². The number of aryl methyl sites for hydroxylation is 1. The van der Waals surface area contributed by atoms with Crippen LogP contribution < -0.4 is 4.90 Å². The van der Waals surface area contributed by atoms with Crippen molar-refractivity contribution >= 4 is 23.0 Å². The highest BCUT2D eigenvalue weighted by Gasteiger charge is 2.33. The summed E-state index contributed by atoms with van der Waals surface area (Å²) in [6.07, 6.45) is -4.22. The number of amides is 1. The lowest BCUT2D eigenvalue weighted by Gasteiger charge is -2.16. The Morgan fingerprint density at radius 1 is 0.857 bits per heavy atom. The van der Waals surface area contributed by atoms with E-state index in [1.165, 1.54) is 6.07 Å². The van der Waals surface area contributed by atoms with Crippen LogP contribution in [-0.2, 0) is 11.0 Å². The van der Waals surface area contributed by atoms with Gasteiger partial charge in [-0.15, -0.1) is 0 Å². The predicted octanol–water partition coefficient (Wildman–Crippen LogP) is 5.75. The zero-order valence-corrected chi connectivity index (χ0v) is 15.0. The van der Waals surface area contributed by atoms with Crippen molar-refractivity contribution in [2.75, 3.05) is 4.90 Å². The van der Waals surface area contributed by atoms with Gasteiger partial charge in [-0.05, 0) is 31.2 Å². The normalized spacial score (nSPS) is 13.1. The molecule has 0 fully saturated rings. The zero-order chi connectivity index (χ0) is 20.3. The Morgan fingerprint density at radius 3 is 2.11 bits per heavy atom. The van der Waals surface area contributed by atoms with Crippen molar-refractivity contribution in [2.24, 2.45) is 0 Å². The van der Waals surface area contributed by atoms with Gasteiger partial charge < -0.3 is 0 Å². The van der Waals surface area contributed by atoms with Crippen molar-refractivity contribution in [1.82, 2.24) is 0 Å². The molecule has 6 heteroatoms. The van der Waals surface area contributed by atoms with Crippen LogP contribution in [0.5, 0.6) is 0 Å². The molecule has 3 nitrogen and oxygen atoms in total. The fourth-order valence-corrected chi connectivity index (χ4v) is 2.87. The molecule has 3 aromatic carbocycles. The van der Waals surface area contributed by atoms with Crippen molar-refractivity contribution in [3.63, 3.8) is 0 Å². The van der Waals surface area contributed by atoms with Crippen LogP contribution in [0.3, 0.4) is 0 Å². The molecule has 0 aromatic heterocycles. The second kappa shape index (κ2) is 7.68. The minimum atomic E-state index is -4.22. The fourth-order valence-electron chi connectivity index (χ4n) is 2.87. The molecule has 0 saturated heterocycles. The second-order valence-corrected chi connectivity index (χ2v) is 6.24. The summed E-state index contributed by atoms with van der Waals surface area (Å²) < 4.78 is 35.9. The Hall–Kier alpha value is -3.41. The van der Waals surface area contributed by atoms with E-state index in [1.807, 2.05) is 48.5 Å². The number of para-hydroxylation sites is 2. The minimum absolute atomic E-state index is 0.0597. The van der Waals surface area contributed by atoms with Crippen LogP contribution in [0.1, 0.15) is 16.7 Å². The quantitative estimate of drug-likeness (QED) is 0.572. The molecule has 1 heterocycles. The minimum Gasteiger partial charge on any atom is -0.295 e. The molecule has 3 aromatic rings. The highest BCUT2D eigenvalue weighted by Crippen LogP contribution is 2.34. The summed E-state index contributed by atoms with van der Waals surface area (Å²) >= 11 is 0. The first-order chi connectivity index (χ1) is 13.3. The smallest absolute Gasteiger partial charge is 0.295 e. The van der Waals surface area contributed by atoms with E-state index in [4.69, 9.17) is 5.41 Å². The third-order valence-electron chi connectivity index (χ3n) is 4.19. The SMILES string of the molecule is Cc1cccc(C(F)(F)F)c1.N=C1C(=O)N(c2ccccc2)c2ccccc21. The Kier molecular flexibility index (Phi) is 5.31. The topological polar surface area (TPSA) is 44.2 Å². The maximum atomic E-state index is 12.1. The number of hydrogen-bond acceptors (Lipinski definition) is 2. The van der Waals surface area contributed by atoms with Crippen molar-refractivity contribution < 1.29 is 18.0 Å². The molecule has 1 aliphatic rings. The van der Waals surface area contributed by atoms with E-state index in [2.05, 4.69) is 0 Å². The molecule has 0 atom stereocenters. The Morgan fingerprint density at radius 2 is 1.50 bits per heavy atom. The lowest BCUT2D eigenvalue weighted by atomic mass is 10.1. The highest BCUT2D eigenvalue weighted by atomic mass is 19.4. The van der Waals surface area contributed by atoms with Crippen LogP contribution in [0.2, 0.25) is 0 Å². The number of carbonyl (C=O) groups excluding carboxylic acids is 1. The van der Waals surface area contributed by atoms with E-state index in [-0.39, 0.29) is 11.6 Å². The summed E-state index contributed by atoms with van der Waals surface area (Å²) in [5.74, 6) is -0.266. The number of nitrogens with zero attached hydrogens (tertiary/aromatic N) is 1. The standard InChI is InChI=1S/C14H10N2O.C8H7F3/c15-13-11-8-4-5-9-12(11)16(14(13)17)10-6-2-1-3-7-10;1-6-3-2-4-7(5-6)8(9,10)11/h1-9,15H;2-5H,1H3. The maximum Gasteiger partial charge on any atom is 0.416 e. The predicted molar refractivity (Wildman–Crippen MR) is 103 cm³/mol. The monoisotopic (exact) mass is 382 g/mol. The summed E-state index contributed by atoms with van der Waals surface area (Å²) in [6, 6.07) is 22.0. The molecule has 0 radical (unpaired) electrons. The van der Waals surface area contributed by atoms with E-state index in [1.54, 1.807) is 24.0 Å². The first kappa shape index (κ1) is 19.4. The zero-order valence-electron chi connectivity index (χ0n) is 15.0. The third-order valence-corrected chi connectivity index (χ3v) is 4.19. The highest BCUT2D eigenvalue weighted by molar-refractivity contribution is 6.54. The Balaban J connectivity index is 0.000000178. The van der Waals surface area contributed by atoms with E-state index in [0.717, 1.165) is 23.5 Å². The molecule has 142 valence electrons. The summed E-state index contributed by atoms with van der Waals surface area (Å²) in [5, 5.41) is 7.83. The average Bonchev–Trinajstić information content (AvgIpc) is 2.93. The molecule has 0 saturated carbocycles. The molecular weight excluding hydrogens is 365 g/mol. The number of anilines is 2. The number of carbonyl (C=O) groups is 1. The van der Waals surface area contributed by atoms with Crippen LogP contribution in [0.15, 0.2) is 78.9 Å². The second-order valence-electron chi connectivity index (χ2n) is 6.24. The third kappa shape index (κ3) is 3.96.